The van der Waals surface area contributed by atoms with Gasteiger partial charge in [0.05, 0.1) is 20.3 Å². The molecule has 0 radical (unpaired) electrons. The van der Waals surface area contributed by atoms with Gasteiger partial charge in [0, 0.05) is 11.6 Å². The van der Waals surface area contributed by atoms with Crippen LogP contribution in [-0.2, 0) is 0 Å². The number of nitrogens with one attached hydrogen (secondary N) is 1. The van der Waals surface area contributed by atoms with Gasteiger partial charge in [-0.3, -0.25) is 0 Å². The van der Waals surface area contributed by atoms with Crippen LogP contribution in [0.1, 0.15) is 24.1 Å². The Hall–Kier alpha value is -2.07. The lowest BCUT2D eigenvalue weighted by Gasteiger charge is -2.21. The molecule has 0 bridgehead atoms. The Morgan fingerprint density at radius 1 is 1.05 bits per heavy atom. The summed E-state index contributed by atoms with van der Waals surface area (Å²) in [4.78, 5) is 0. The summed E-state index contributed by atoms with van der Waals surface area (Å²) in [7, 11) is 3.20. The van der Waals surface area contributed by atoms with E-state index in [0.29, 0.717) is 17.1 Å². The predicted molar refractivity (Wildman–Crippen MR) is 81.5 cm³/mol. The summed E-state index contributed by atoms with van der Waals surface area (Å²) < 4.78 is 24.7. The maximum atomic E-state index is 14.1. The third kappa shape index (κ3) is 3.52. The first-order valence-electron chi connectivity index (χ1n) is 6.90. The van der Waals surface area contributed by atoms with Crippen molar-refractivity contribution in [2.75, 3.05) is 20.8 Å². The molecule has 2 aromatic carbocycles. The van der Waals surface area contributed by atoms with Crippen molar-refractivity contribution in [3.05, 3.63) is 59.4 Å². The van der Waals surface area contributed by atoms with E-state index < -0.39 is 0 Å². The normalized spacial score (nSPS) is 12.0. The van der Waals surface area contributed by atoms with E-state index in [4.69, 9.17) is 9.47 Å². The molecular formula is C17H20FNO2. The van der Waals surface area contributed by atoms with E-state index >= 15 is 0 Å². The lowest BCUT2D eigenvalue weighted by molar-refractivity contribution is 0.392. The van der Waals surface area contributed by atoms with Gasteiger partial charge >= 0.3 is 0 Å². The van der Waals surface area contributed by atoms with Crippen molar-refractivity contribution < 1.29 is 13.9 Å². The number of rotatable bonds is 6. The fourth-order valence-electron chi connectivity index (χ4n) is 2.32. The zero-order chi connectivity index (χ0) is 15.2. The van der Waals surface area contributed by atoms with Crippen LogP contribution >= 0.6 is 0 Å². The topological polar surface area (TPSA) is 30.5 Å². The highest BCUT2D eigenvalue weighted by Gasteiger charge is 2.18. The summed E-state index contributed by atoms with van der Waals surface area (Å²) in [6, 6.07) is 12.1. The van der Waals surface area contributed by atoms with E-state index in [9.17, 15) is 4.39 Å². The molecule has 4 heteroatoms. The lowest BCUT2D eigenvalue weighted by atomic mass is 9.97. The molecule has 0 aliphatic rings. The van der Waals surface area contributed by atoms with Gasteiger partial charge in [0.1, 0.15) is 17.3 Å². The monoisotopic (exact) mass is 289 g/mol. The van der Waals surface area contributed by atoms with E-state index in [0.717, 1.165) is 12.1 Å². The number of benzene rings is 2. The van der Waals surface area contributed by atoms with Crippen molar-refractivity contribution in [1.82, 2.24) is 5.32 Å². The smallest absolute Gasteiger partial charge is 0.128 e. The summed E-state index contributed by atoms with van der Waals surface area (Å²) in [5, 5.41) is 3.31. The van der Waals surface area contributed by atoms with Crippen molar-refractivity contribution in [2.45, 2.75) is 13.0 Å². The maximum absolute atomic E-state index is 14.1. The molecule has 21 heavy (non-hydrogen) atoms. The molecule has 1 unspecified atom stereocenters. The standard InChI is InChI=1S/C17H20FNO2/c1-4-19-17(15-7-5-6-8-16(15)18)12-9-13(20-2)11-14(10-12)21-3/h5-11,17,19H,4H2,1-3H3. The molecule has 112 valence electrons. The first kappa shape index (κ1) is 15.3. The molecule has 0 saturated carbocycles. The van der Waals surface area contributed by atoms with Gasteiger partial charge in [-0.05, 0) is 30.3 Å². The first-order valence-corrected chi connectivity index (χ1v) is 6.90. The Labute approximate surface area is 124 Å². The highest BCUT2D eigenvalue weighted by molar-refractivity contribution is 5.43. The first-order chi connectivity index (χ1) is 10.2. The maximum Gasteiger partial charge on any atom is 0.128 e. The molecule has 0 aromatic heterocycles. The minimum Gasteiger partial charge on any atom is -0.497 e. The number of hydrogen-bond acceptors (Lipinski definition) is 3. The SMILES string of the molecule is CCNC(c1cc(OC)cc(OC)c1)c1ccccc1F. The van der Waals surface area contributed by atoms with Crippen molar-refractivity contribution in [3.8, 4) is 11.5 Å². The van der Waals surface area contributed by atoms with Crippen LogP contribution in [0.25, 0.3) is 0 Å². The second kappa shape index (κ2) is 7.09. The average Bonchev–Trinajstić information content (AvgIpc) is 2.53. The Morgan fingerprint density at radius 3 is 2.19 bits per heavy atom. The largest absolute Gasteiger partial charge is 0.497 e. The van der Waals surface area contributed by atoms with Crippen LogP contribution in [0.15, 0.2) is 42.5 Å². The summed E-state index contributed by atoms with van der Waals surface area (Å²) in [5.41, 5.74) is 1.51. The van der Waals surface area contributed by atoms with E-state index in [2.05, 4.69) is 5.32 Å². The van der Waals surface area contributed by atoms with E-state index in [1.54, 1.807) is 32.4 Å². The van der Waals surface area contributed by atoms with Gasteiger partial charge < -0.3 is 14.8 Å². The molecule has 3 nitrogen and oxygen atoms in total. The quantitative estimate of drug-likeness (QED) is 0.882. The summed E-state index contributed by atoms with van der Waals surface area (Å²) in [6.45, 7) is 2.71. The minimum atomic E-state index is -0.250. The van der Waals surface area contributed by atoms with Crippen LogP contribution in [0.5, 0.6) is 11.5 Å². The zero-order valence-electron chi connectivity index (χ0n) is 12.5. The van der Waals surface area contributed by atoms with E-state index in [1.807, 2.05) is 25.1 Å². The van der Waals surface area contributed by atoms with Gasteiger partial charge in [0.25, 0.3) is 0 Å². The van der Waals surface area contributed by atoms with Crippen molar-refractivity contribution >= 4 is 0 Å². The van der Waals surface area contributed by atoms with Gasteiger partial charge in [-0.2, -0.15) is 0 Å². The fourth-order valence-corrected chi connectivity index (χ4v) is 2.32. The predicted octanol–water partition coefficient (Wildman–Crippen LogP) is 3.54. The van der Waals surface area contributed by atoms with Crippen LogP contribution in [0.4, 0.5) is 4.39 Å². The van der Waals surface area contributed by atoms with Crippen LogP contribution in [0.3, 0.4) is 0 Å². The van der Waals surface area contributed by atoms with Crippen LogP contribution in [0.2, 0.25) is 0 Å². The summed E-state index contributed by atoms with van der Waals surface area (Å²) in [5.74, 6) is 1.14. The Balaban J connectivity index is 2.50. The van der Waals surface area contributed by atoms with E-state index in [1.165, 1.54) is 6.07 Å². The van der Waals surface area contributed by atoms with Crippen molar-refractivity contribution in [2.24, 2.45) is 0 Å². The number of methoxy groups -OCH3 is 2. The Bertz CT molecular complexity index is 579. The summed E-state index contributed by atoms with van der Waals surface area (Å²) >= 11 is 0. The van der Waals surface area contributed by atoms with Gasteiger partial charge in [-0.25, -0.2) is 4.39 Å². The molecule has 1 atom stereocenters. The molecule has 2 aromatic rings. The highest BCUT2D eigenvalue weighted by Crippen LogP contribution is 2.31. The van der Waals surface area contributed by atoms with Crippen LogP contribution < -0.4 is 14.8 Å². The second-order valence-electron chi connectivity index (χ2n) is 4.66. The molecule has 1 N–H and O–H groups in total. The molecule has 0 fully saturated rings. The van der Waals surface area contributed by atoms with Crippen molar-refractivity contribution in [1.29, 1.82) is 0 Å². The Kier molecular flexibility index (Phi) is 5.17. The van der Waals surface area contributed by atoms with Gasteiger partial charge in [0.2, 0.25) is 0 Å². The van der Waals surface area contributed by atoms with Gasteiger partial charge in [0.15, 0.2) is 0 Å². The van der Waals surface area contributed by atoms with Crippen molar-refractivity contribution in [3.63, 3.8) is 0 Å². The third-order valence-electron chi connectivity index (χ3n) is 3.33. The number of ether oxygens (including phenoxy) is 2. The molecule has 2 rings (SSSR count). The molecule has 0 heterocycles. The average molecular weight is 289 g/mol. The van der Waals surface area contributed by atoms with Gasteiger partial charge in [-0.15, -0.1) is 0 Å². The molecular weight excluding hydrogens is 269 g/mol. The molecule has 0 aliphatic heterocycles. The summed E-state index contributed by atoms with van der Waals surface area (Å²) in [6.07, 6.45) is 0. The third-order valence-corrected chi connectivity index (χ3v) is 3.33. The number of halogens is 1. The van der Waals surface area contributed by atoms with E-state index in [-0.39, 0.29) is 11.9 Å². The molecule has 0 amide bonds. The van der Waals surface area contributed by atoms with Gasteiger partial charge in [-0.1, -0.05) is 25.1 Å². The van der Waals surface area contributed by atoms with Crippen LogP contribution in [-0.4, -0.2) is 20.8 Å². The number of hydrogen-bond donors (Lipinski definition) is 1. The Morgan fingerprint density at radius 2 is 1.67 bits per heavy atom. The molecule has 0 saturated heterocycles. The molecule has 0 aliphatic carbocycles. The lowest BCUT2D eigenvalue weighted by Crippen LogP contribution is -2.23. The second-order valence-corrected chi connectivity index (χ2v) is 4.66. The minimum absolute atomic E-state index is 0.231. The van der Waals surface area contributed by atoms with Crippen LogP contribution in [0, 0.1) is 5.82 Å². The fraction of sp³-hybridized carbons (Fsp3) is 0.294. The highest BCUT2D eigenvalue weighted by atomic mass is 19.1. The zero-order valence-corrected chi connectivity index (χ0v) is 12.5. The molecule has 0 spiro atoms.